The zero-order chi connectivity index (χ0) is 12.3. The quantitative estimate of drug-likeness (QED) is 0.947. The first-order valence-electron chi connectivity index (χ1n) is 4.96. The average Bonchev–Trinajstić information content (AvgIpc) is 2.73. The van der Waals surface area contributed by atoms with Gasteiger partial charge in [0.25, 0.3) is 5.91 Å². The van der Waals surface area contributed by atoms with Crippen molar-refractivity contribution in [3.8, 4) is 0 Å². The van der Waals surface area contributed by atoms with Gasteiger partial charge in [-0.05, 0) is 35.0 Å². The Balaban J connectivity index is 1.95. The number of carbonyl (C=O) groups excluding carboxylic acids is 1. The van der Waals surface area contributed by atoms with Crippen molar-refractivity contribution >= 4 is 33.2 Å². The van der Waals surface area contributed by atoms with Gasteiger partial charge in [0.1, 0.15) is 5.69 Å². The fourth-order valence-corrected chi connectivity index (χ4v) is 2.22. The summed E-state index contributed by atoms with van der Waals surface area (Å²) < 4.78 is 0.854. The lowest BCUT2D eigenvalue weighted by Crippen LogP contribution is -2.23. The highest BCUT2D eigenvalue weighted by Crippen LogP contribution is 2.11. The van der Waals surface area contributed by atoms with Crippen LogP contribution in [0.1, 0.15) is 20.4 Å². The SMILES string of the molecule is Cc1ncc(CNC(=O)c2ccc(Br)cn2)s1. The summed E-state index contributed by atoms with van der Waals surface area (Å²) in [4.78, 5) is 20.9. The molecule has 0 aromatic carbocycles. The number of halogens is 1. The van der Waals surface area contributed by atoms with E-state index in [1.54, 1.807) is 35.9 Å². The highest BCUT2D eigenvalue weighted by Gasteiger charge is 2.07. The van der Waals surface area contributed by atoms with E-state index in [0.717, 1.165) is 14.4 Å². The van der Waals surface area contributed by atoms with Gasteiger partial charge in [-0.15, -0.1) is 11.3 Å². The third-order valence-electron chi connectivity index (χ3n) is 2.05. The van der Waals surface area contributed by atoms with Gasteiger partial charge in [0.05, 0.1) is 11.6 Å². The second-order valence-corrected chi connectivity index (χ2v) is 5.62. The smallest absolute Gasteiger partial charge is 0.270 e. The van der Waals surface area contributed by atoms with Crippen molar-refractivity contribution in [1.82, 2.24) is 15.3 Å². The van der Waals surface area contributed by atoms with Crippen LogP contribution in [-0.2, 0) is 6.54 Å². The Morgan fingerprint density at radius 2 is 2.24 bits per heavy atom. The minimum atomic E-state index is -0.177. The summed E-state index contributed by atoms with van der Waals surface area (Å²) in [7, 11) is 0. The fraction of sp³-hybridized carbons (Fsp3) is 0.182. The summed E-state index contributed by atoms with van der Waals surface area (Å²) in [6, 6.07) is 3.47. The average molecular weight is 312 g/mol. The van der Waals surface area contributed by atoms with Crippen LogP contribution in [0, 0.1) is 6.92 Å². The number of hydrogen-bond donors (Lipinski definition) is 1. The number of hydrogen-bond acceptors (Lipinski definition) is 4. The molecule has 0 radical (unpaired) electrons. The molecule has 0 atom stereocenters. The molecule has 88 valence electrons. The van der Waals surface area contributed by atoms with Crippen molar-refractivity contribution in [3.63, 3.8) is 0 Å². The molecule has 6 heteroatoms. The maximum Gasteiger partial charge on any atom is 0.270 e. The Bertz CT molecular complexity index is 524. The molecule has 0 bridgehead atoms. The highest BCUT2D eigenvalue weighted by molar-refractivity contribution is 9.10. The van der Waals surface area contributed by atoms with Gasteiger partial charge in [0.2, 0.25) is 0 Å². The number of rotatable bonds is 3. The van der Waals surface area contributed by atoms with E-state index in [0.29, 0.717) is 12.2 Å². The monoisotopic (exact) mass is 311 g/mol. The van der Waals surface area contributed by atoms with Crippen molar-refractivity contribution in [3.05, 3.63) is 44.6 Å². The predicted molar refractivity (Wildman–Crippen MR) is 70.0 cm³/mol. The Morgan fingerprint density at radius 1 is 1.41 bits per heavy atom. The molecule has 2 heterocycles. The van der Waals surface area contributed by atoms with Crippen LogP contribution in [-0.4, -0.2) is 15.9 Å². The van der Waals surface area contributed by atoms with Crippen LogP contribution in [0.5, 0.6) is 0 Å². The van der Waals surface area contributed by atoms with Crippen LogP contribution in [0.3, 0.4) is 0 Å². The van der Waals surface area contributed by atoms with E-state index in [2.05, 4.69) is 31.2 Å². The Hall–Kier alpha value is -1.27. The molecule has 1 amide bonds. The molecular weight excluding hydrogens is 302 g/mol. The van der Waals surface area contributed by atoms with Crippen molar-refractivity contribution in [2.75, 3.05) is 0 Å². The molecule has 4 nitrogen and oxygen atoms in total. The Morgan fingerprint density at radius 3 is 2.82 bits per heavy atom. The number of nitrogens with zero attached hydrogens (tertiary/aromatic N) is 2. The molecule has 0 fully saturated rings. The number of aryl methyl sites for hydroxylation is 1. The van der Waals surface area contributed by atoms with Gasteiger partial charge in [0.15, 0.2) is 0 Å². The van der Waals surface area contributed by atoms with Crippen molar-refractivity contribution < 1.29 is 4.79 Å². The fourth-order valence-electron chi connectivity index (χ4n) is 1.26. The van der Waals surface area contributed by atoms with Gasteiger partial charge in [-0.1, -0.05) is 0 Å². The second-order valence-electron chi connectivity index (χ2n) is 3.39. The van der Waals surface area contributed by atoms with Crippen LogP contribution >= 0.6 is 27.3 Å². The van der Waals surface area contributed by atoms with E-state index in [1.165, 1.54) is 0 Å². The Labute approximate surface area is 111 Å². The molecule has 0 saturated heterocycles. The van der Waals surface area contributed by atoms with E-state index in [9.17, 15) is 4.79 Å². The lowest BCUT2D eigenvalue weighted by molar-refractivity contribution is 0.0946. The summed E-state index contributed by atoms with van der Waals surface area (Å²) in [5, 5.41) is 3.80. The van der Waals surface area contributed by atoms with Crippen LogP contribution < -0.4 is 5.32 Å². The van der Waals surface area contributed by atoms with Crippen molar-refractivity contribution in [2.24, 2.45) is 0 Å². The zero-order valence-corrected chi connectivity index (χ0v) is 11.5. The molecule has 2 aromatic rings. The predicted octanol–water partition coefficient (Wildman–Crippen LogP) is 2.54. The first-order valence-corrected chi connectivity index (χ1v) is 6.57. The van der Waals surface area contributed by atoms with Gasteiger partial charge < -0.3 is 5.32 Å². The maximum absolute atomic E-state index is 11.7. The first kappa shape index (κ1) is 12.2. The first-order chi connectivity index (χ1) is 8.15. The summed E-state index contributed by atoms with van der Waals surface area (Å²) in [6.45, 7) is 2.42. The van der Waals surface area contributed by atoms with Crippen molar-refractivity contribution in [1.29, 1.82) is 0 Å². The van der Waals surface area contributed by atoms with Gasteiger partial charge in [-0.3, -0.25) is 4.79 Å². The highest BCUT2D eigenvalue weighted by atomic mass is 79.9. The normalized spacial score (nSPS) is 10.2. The van der Waals surface area contributed by atoms with Gasteiger partial charge in [-0.2, -0.15) is 0 Å². The zero-order valence-electron chi connectivity index (χ0n) is 9.11. The van der Waals surface area contributed by atoms with Gasteiger partial charge in [0, 0.05) is 21.7 Å². The molecule has 0 spiro atoms. The summed E-state index contributed by atoms with van der Waals surface area (Å²) in [5.41, 5.74) is 0.412. The molecule has 0 aliphatic carbocycles. The molecule has 0 aliphatic heterocycles. The molecule has 2 rings (SSSR count). The lowest BCUT2D eigenvalue weighted by atomic mass is 10.3. The van der Waals surface area contributed by atoms with E-state index in [-0.39, 0.29) is 5.91 Å². The van der Waals surface area contributed by atoms with E-state index < -0.39 is 0 Å². The number of amides is 1. The summed E-state index contributed by atoms with van der Waals surface area (Å²) >= 11 is 4.85. The number of aromatic nitrogens is 2. The van der Waals surface area contributed by atoms with Crippen LogP contribution in [0.4, 0.5) is 0 Å². The van der Waals surface area contributed by atoms with Gasteiger partial charge >= 0.3 is 0 Å². The van der Waals surface area contributed by atoms with E-state index in [4.69, 9.17) is 0 Å². The topological polar surface area (TPSA) is 54.9 Å². The maximum atomic E-state index is 11.7. The molecular formula is C11H10BrN3OS. The van der Waals surface area contributed by atoms with E-state index in [1.807, 2.05) is 6.92 Å². The van der Waals surface area contributed by atoms with Crippen LogP contribution in [0.2, 0.25) is 0 Å². The van der Waals surface area contributed by atoms with Crippen LogP contribution in [0.15, 0.2) is 29.0 Å². The Kier molecular flexibility index (Phi) is 3.86. The minimum Gasteiger partial charge on any atom is -0.346 e. The second kappa shape index (κ2) is 5.37. The third-order valence-corrected chi connectivity index (χ3v) is 3.43. The molecule has 1 N–H and O–H groups in total. The molecule has 0 saturated carbocycles. The van der Waals surface area contributed by atoms with Crippen LogP contribution in [0.25, 0.3) is 0 Å². The third kappa shape index (κ3) is 3.34. The number of nitrogens with one attached hydrogen (secondary N) is 1. The largest absolute Gasteiger partial charge is 0.346 e. The number of pyridine rings is 1. The number of thiazole rings is 1. The van der Waals surface area contributed by atoms with E-state index >= 15 is 0 Å². The minimum absolute atomic E-state index is 0.177. The van der Waals surface area contributed by atoms with Gasteiger partial charge in [-0.25, -0.2) is 9.97 Å². The number of carbonyl (C=O) groups is 1. The lowest BCUT2D eigenvalue weighted by Gasteiger charge is -2.02. The summed E-state index contributed by atoms with van der Waals surface area (Å²) in [6.07, 6.45) is 3.38. The van der Waals surface area contributed by atoms with Crippen molar-refractivity contribution in [2.45, 2.75) is 13.5 Å². The summed E-state index contributed by atoms with van der Waals surface area (Å²) in [5.74, 6) is -0.177. The molecule has 0 unspecified atom stereocenters. The molecule has 0 aliphatic rings. The molecule has 17 heavy (non-hydrogen) atoms. The standard InChI is InChI=1S/C11H10BrN3OS/c1-7-13-5-9(17-7)6-15-11(16)10-3-2-8(12)4-14-10/h2-5H,6H2,1H3,(H,15,16). The molecule has 2 aromatic heterocycles.